The highest BCUT2D eigenvalue weighted by molar-refractivity contribution is 5.94. The molecule has 0 saturated carbocycles. The molecule has 3 nitrogen and oxygen atoms in total. The van der Waals surface area contributed by atoms with Gasteiger partial charge in [-0.2, -0.15) is 0 Å². The summed E-state index contributed by atoms with van der Waals surface area (Å²) in [4.78, 5) is 17.4. The Morgan fingerprint density at radius 3 is 2.58 bits per heavy atom. The zero-order valence-corrected chi connectivity index (χ0v) is 16.0. The molecule has 1 heterocycles. The molecule has 0 bridgehead atoms. The van der Waals surface area contributed by atoms with Crippen molar-refractivity contribution in [2.75, 3.05) is 26.2 Å². The van der Waals surface area contributed by atoms with Crippen LogP contribution < -0.4 is 0 Å². The van der Waals surface area contributed by atoms with Crippen molar-refractivity contribution < 1.29 is 4.79 Å². The molecule has 1 aliphatic rings. The summed E-state index contributed by atoms with van der Waals surface area (Å²) in [5.41, 5.74) is 3.36. The van der Waals surface area contributed by atoms with Gasteiger partial charge in [0, 0.05) is 37.8 Å². The molecule has 138 valence electrons. The molecule has 2 aromatic carbocycles. The Labute approximate surface area is 157 Å². The highest BCUT2D eigenvalue weighted by Gasteiger charge is 2.22. The predicted molar refractivity (Wildman–Crippen MR) is 107 cm³/mol. The lowest BCUT2D eigenvalue weighted by Gasteiger charge is -2.28. The van der Waals surface area contributed by atoms with Gasteiger partial charge in [0.15, 0.2) is 0 Å². The number of carbonyl (C=O) groups is 1. The summed E-state index contributed by atoms with van der Waals surface area (Å²) in [5.74, 6) is 0.174. The van der Waals surface area contributed by atoms with Crippen LogP contribution in [0.3, 0.4) is 0 Å². The Morgan fingerprint density at radius 2 is 1.81 bits per heavy atom. The molecular weight excluding hydrogens is 320 g/mol. The van der Waals surface area contributed by atoms with Crippen LogP contribution in [0.25, 0.3) is 0 Å². The minimum absolute atomic E-state index is 0.174. The van der Waals surface area contributed by atoms with Crippen LogP contribution in [0.4, 0.5) is 0 Å². The van der Waals surface area contributed by atoms with Crippen LogP contribution in [0.5, 0.6) is 0 Å². The molecule has 1 aliphatic heterocycles. The van der Waals surface area contributed by atoms with Crippen LogP contribution in [-0.4, -0.2) is 47.9 Å². The van der Waals surface area contributed by atoms with Gasteiger partial charge in [0.05, 0.1) is 0 Å². The summed E-state index contributed by atoms with van der Waals surface area (Å²) in [6.45, 7) is 8.08. The van der Waals surface area contributed by atoms with Gasteiger partial charge in [0.2, 0.25) is 0 Å². The average Bonchev–Trinajstić information content (AvgIpc) is 2.92. The SMILES string of the molecule is Cc1cccc(C(=O)N2CCCN(C(C)CCc3ccccc3)CC2)c1. The van der Waals surface area contributed by atoms with Crippen LogP contribution in [-0.2, 0) is 6.42 Å². The molecule has 0 spiro atoms. The lowest BCUT2D eigenvalue weighted by atomic mass is 10.1. The molecule has 2 aromatic rings. The van der Waals surface area contributed by atoms with Crippen LogP contribution in [0, 0.1) is 6.92 Å². The normalized spacial score (nSPS) is 16.9. The third kappa shape index (κ3) is 4.95. The van der Waals surface area contributed by atoms with E-state index in [1.165, 1.54) is 5.56 Å². The molecule has 1 saturated heterocycles. The van der Waals surface area contributed by atoms with E-state index in [1.807, 2.05) is 36.1 Å². The van der Waals surface area contributed by atoms with Crippen molar-refractivity contribution in [3.63, 3.8) is 0 Å². The monoisotopic (exact) mass is 350 g/mol. The number of nitrogens with zero attached hydrogens (tertiary/aromatic N) is 2. The van der Waals surface area contributed by atoms with E-state index in [4.69, 9.17) is 0 Å². The summed E-state index contributed by atoms with van der Waals surface area (Å²) in [6.07, 6.45) is 3.33. The molecule has 3 heteroatoms. The largest absolute Gasteiger partial charge is 0.337 e. The highest BCUT2D eigenvalue weighted by Crippen LogP contribution is 2.15. The third-order valence-corrected chi connectivity index (χ3v) is 5.40. The first-order chi connectivity index (χ1) is 12.6. The van der Waals surface area contributed by atoms with Gasteiger partial charge in [-0.25, -0.2) is 0 Å². The Bertz CT molecular complexity index is 713. The summed E-state index contributed by atoms with van der Waals surface area (Å²) in [7, 11) is 0. The lowest BCUT2D eigenvalue weighted by Crippen LogP contribution is -2.38. The first kappa shape index (κ1) is 18.7. The molecule has 0 aliphatic carbocycles. The molecular formula is C23H30N2O. The van der Waals surface area contributed by atoms with Gasteiger partial charge in [-0.3, -0.25) is 9.69 Å². The predicted octanol–water partition coefficient (Wildman–Crippen LogP) is 4.16. The van der Waals surface area contributed by atoms with E-state index in [9.17, 15) is 4.79 Å². The zero-order chi connectivity index (χ0) is 18.4. The molecule has 26 heavy (non-hydrogen) atoms. The Balaban J connectivity index is 1.53. The third-order valence-electron chi connectivity index (χ3n) is 5.40. The molecule has 0 N–H and O–H groups in total. The fourth-order valence-electron chi connectivity index (χ4n) is 3.74. The molecule has 1 fully saturated rings. The van der Waals surface area contributed by atoms with E-state index >= 15 is 0 Å². The first-order valence-corrected chi connectivity index (χ1v) is 9.77. The molecule has 1 unspecified atom stereocenters. The average molecular weight is 351 g/mol. The smallest absolute Gasteiger partial charge is 0.253 e. The number of amides is 1. The number of hydrogen-bond donors (Lipinski definition) is 0. The van der Waals surface area contributed by atoms with Gasteiger partial charge in [0.1, 0.15) is 0 Å². The molecule has 3 rings (SSSR count). The standard InChI is InChI=1S/C23H30N2O/c1-19-8-6-11-22(18-19)23(26)25-15-7-14-24(16-17-25)20(2)12-13-21-9-4-3-5-10-21/h3-6,8-11,18,20H,7,12-17H2,1-2H3. The maximum Gasteiger partial charge on any atom is 0.253 e. The fourth-order valence-corrected chi connectivity index (χ4v) is 3.74. The van der Waals surface area contributed by atoms with Gasteiger partial charge < -0.3 is 4.90 Å². The Morgan fingerprint density at radius 1 is 1.00 bits per heavy atom. The van der Waals surface area contributed by atoms with Crippen molar-refractivity contribution in [2.24, 2.45) is 0 Å². The maximum absolute atomic E-state index is 12.8. The summed E-state index contributed by atoms with van der Waals surface area (Å²) >= 11 is 0. The lowest BCUT2D eigenvalue weighted by molar-refractivity contribution is 0.0758. The van der Waals surface area contributed by atoms with Crippen LogP contribution in [0.2, 0.25) is 0 Å². The maximum atomic E-state index is 12.8. The van der Waals surface area contributed by atoms with Crippen molar-refractivity contribution in [2.45, 2.75) is 39.2 Å². The number of benzene rings is 2. The van der Waals surface area contributed by atoms with Gasteiger partial charge >= 0.3 is 0 Å². The van der Waals surface area contributed by atoms with E-state index in [2.05, 4.69) is 42.2 Å². The minimum Gasteiger partial charge on any atom is -0.337 e. The summed E-state index contributed by atoms with van der Waals surface area (Å²) in [6, 6.07) is 19.2. The van der Waals surface area contributed by atoms with E-state index in [0.29, 0.717) is 6.04 Å². The first-order valence-electron chi connectivity index (χ1n) is 9.77. The van der Waals surface area contributed by atoms with Crippen molar-refractivity contribution in [3.05, 3.63) is 71.3 Å². The fraction of sp³-hybridized carbons (Fsp3) is 0.435. The second kappa shape index (κ2) is 9.00. The molecule has 0 aromatic heterocycles. The number of aryl methyl sites for hydroxylation is 2. The second-order valence-corrected chi connectivity index (χ2v) is 7.42. The highest BCUT2D eigenvalue weighted by atomic mass is 16.2. The van der Waals surface area contributed by atoms with Gasteiger partial charge in [0.25, 0.3) is 5.91 Å². The Hall–Kier alpha value is -2.13. The quantitative estimate of drug-likeness (QED) is 0.808. The van der Waals surface area contributed by atoms with Gasteiger partial charge in [-0.05, 0) is 50.8 Å². The van der Waals surface area contributed by atoms with Crippen LogP contribution in [0.15, 0.2) is 54.6 Å². The molecule has 1 amide bonds. The number of hydrogen-bond acceptors (Lipinski definition) is 2. The van der Waals surface area contributed by atoms with E-state index in [0.717, 1.165) is 56.6 Å². The minimum atomic E-state index is 0.174. The van der Waals surface area contributed by atoms with Crippen LogP contribution >= 0.6 is 0 Å². The summed E-state index contributed by atoms with van der Waals surface area (Å²) < 4.78 is 0. The number of carbonyl (C=O) groups excluding carboxylic acids is 1. The Kier molecular flexibility index (Phi) is 6.45. The van der Waals surface area contributed by atoms with E-state index < -0.39 is 0 Å². The summed E-state index contributed by atoms with van der Waals surface area (Å²) in [5, 5.41) is 0. The number of rotatable bonds is 5. The second-order valence-electron chi connectivity index (χ2n) is 7.42. The van der Waals surface area contributed by atoms with Gasteiger partial charge in [-0.1, -0.05) is 48.0 Å². The van der Waals surface area contributed by atoms with Crippen molar-refractivity contribution in [3.8, 4) is 0 Å². The topological polar surface area (TPSA) is 23.6 Å². The molecule has 0 radical (unpaired) electrons. The van der Waals surface area contributed by atoms with Crippen molar-refractivity contribution in [1.29, 1.82) is 0 Å². The van der Waals surface area contributed by atoms with Crippen LogP contribution in [0.1, 0.15) is 41.3 Å². The van der Waals surface area contributed by atoms with Gasteiger partial charge in [-0.15, -0.1) is 0 Å². The molecule has 1 atom stereocenters. The van der Waals surface area contributed by atoms with E-state index in [-0.39, 0.29) is 5.91 Å². The van der Waals surface area contributed by atoms with Crippen molar-refractivity contribution in [1.82, 2.24) is 9.80 Å². The van der Waals surface area contributed by atoms with E-state index in [1.54, 1.807) is 0 Å². The zero-order valence-electron chi connectivity index (χ0n) is 16.0. The van der Waals surface area contributed by atoms with Crippen molar-refractivity contribution >= 4 is 5.91 Å².